The third kappa shape index (κ3) is 6.50. The summed E-state index contributed by atoms with van der Waals surface area (Å²) in [5, 5.41) is 7.67. The van der Waals surface area contributed by atoms with Gasteiger partial charge in [-0.15, -0.1) is 0 Å². The monoisotopic (exact) mass is 664 g/mol. The Hall–Kier alpha value is -5.36. The first kappa shape index (κ1) is 34.5. The van der Waals surface area contributed by atoms with Crippen molar-refractivity contribution in [2.45, 2.75) is 73.3 Å². The van der Waals surface area contributed by atoms with Crippen LogP contribution in [0.25, 0.3) is 32.6 Å². The minimum Gasteiger partial charge on any atom is -0.340 e. The van der Waals surface area contributed by atoms with Gasteiger partial charge in [-0.2, -0.15) is 0 Å². The fourth-order valence-electron chi connectivity index (χ4n) is 7.82. The highest BCUT2D eigenvalue weighted by molar-refractivity contribution is 6.51. The van der Waals surface area contributed by atoms with Crippen molar-refractivity contribution in [2.24, 2.45) is 11.1 Å². The fraction of sp³-hybridized carbons (Fsp3) is 0.273. The molecule has 0 saturated heterocycles. The lowest BCUT2D eigenvalue weighted by atomic mass is 9.89. The van der Waals surface area contributed by atoms with Gasteiger partial charge in [0.2, 0.25) is 5.78 Å². The predicted octanol–water partition coefficient (Wildman–Crippen LogP) is 10.5. The number of aryl methyl sites for hydroxylation is 3. The van der Waals surface area contributed by atoms with Gasteiger partial charge in [0.25, 0.3) is 0 Å². The number of nitrogens with zero attached hydrogens (tertiary/aromatic N) is 2. The first-order valence-corrected chi connectivity index (χ1v) is 17.7. The van der Waals surface area contributed by atoms with Gasteiger partial charge in [-0.1, -0.05) is 111 Å². The van der Waals surface area contributed by atoms with Crippen molar-refractivity contribution in [1.29, 1.82) is 0 Å². The van der Waals surface area contributed by atoms with Gasteiger partial charge in [0.05, 0.1) is 5.52 Å². The van der Waals surface area contributed by atoms with E-state index in [0.717, 1.165) is 61.4 Å². The molecule has 5 aromatic carbocycles. The van der Waals surface area contributed by atoms with Gasteiger partial charge >= 0.3 is 6.47 Å². The van der Waals surface area contributed by atoms with Gasteiger partial charge in [0.1, 0.15) is 0 Å². The van der Waals surface area contributed by atoms with Crippen molar-refractivity contribution in [3.05, 3.63) is 130 Å². The summed E-state index contributed by atoms with van der Waals surface area (Å²) in [6.45, 7) is 11.1. The van der Waals surface area contributed by atoms with E-state index < -0.39 is 0 Å². The number of benzene rings is 5. The molecule has 1 aliphatic rings. The number of carbonyl (C=O) groups excluding carboxylic acids is 3. The fourth-order valence-corrected chi connectivity index (χ4v) is 7.82. The number of aromatic nitrogens is 1. The van der Waals surface area contributed by atoms with E-state index in [1.165, 1.54) is 32.1 Å². The Labute approximate surface area is 293 Å². The Balaban J connectivity index is 0.00000212. The van der Waals surface area contributed by atoms with E-state index in [1.54, 1.807) is 12.1 Å². The molecular weight excluding hydrogens is 620 g/mol. The van der Waals surface area contributed by atoms with Crippen LogP contribution in [0.2, 0.25) is 0 Å². The molecular formula is C44H44N2O4. The highest BCUT2D eigenvalue weighted by Crippen LogP contribution is 2.39. The van der Waals surface area contributed by atoms with Crippen molar-refractivity contribution in [2.75, 3.05) is 0 Å². The molecule has 0 unspecified atom stereocenters. The van der Waals surface area contributed by atoms with E-state index in [2.05, 4.69) is 34.8 Å². The van der Waals surface area contributed by atoms with Crippen LogP contribution < -0.4 is 0 Å². The van der Waals surface area contributed by atoms with E-state index in [1.807, 2.05) is 88.4 Å². The lowest BCUT2D eigenvalue weighted by Gasteiger charge is -2.23. The van der Waals surface area contributed by atoms with E-state index >= 15 is 0 Å². The number of Topliss-reactive ketones (excluding diaryl/α,β-unsaturated/α-hetero) is 1. The molecule has 0 N–H and O–H groups in total. The molecule has 1 heterocycles. The molecule has 254 valence electrons. The molecule has 7 rings (SSSR count). The van der Waals surface area contributed by atoms with E-state index in [9.17, 15) is 14.4 Å². The summed E-state index contributed by atoms with van der Waals surface area (Å²) in [5.41, 5.74) is 7.52. The van der Waals surface area contributed by atoms with Gasteiger partial charge in [0.15, 0.2) is 11.5 Å². The topological polar surface area (TPSA) is 77.7 Å². The van der Waals surface area contributed by atoms with Crippen molar-refractivity contribution >= 4 is 56.3 Å². The largest absolute Gasteiger partial charge is 0.340 e. The molecule has 0 aliphatic heterocycles. The predicted molar refractivity (Wildman–Crippen MR) is 203 cm³/mol. The van der Waals surface area contributed by atoms with E-state index in [-0.39, 0.29) is 23.8 Å². The van der Waals surface area contributed by atoms with Crippen molar-refractivity contribution in [3.63, 3.8) is 0 Å². The second-order valence-electron chi connectivity index (χ2n) is 13.2. The first-order valence-electron chi connectivity index (χ1n) is 17.7. The van der Waals surface area contributed by atoms with E-state index in [4.69, 9.17) is 4.84 Å². The zero-order valence-electron chi connectivity index (χ0n) is 29.6. The van der Waals surface area contributed by atoms with Gasteiger partial charge in [-0.3, -0.25) is 14.4 Å². The highest BCUT2D eigenvalue weighted by Gasteiger charge is 2.25. The Bertz CT molecular complexity index is 2230. The summed E-state index contributed by atoms with van der Waals surface area (Å²) in [6, 6.07) is 29.1. The van der Waals surface area contributed by atoms with Crippen LogP contribution in [-0.2, 0) is 16.2 Å². The van der Waals surface area contributed by atoms with E-state index in [0.29, 0.717) is 22.6 Å². The molecule has 6 aromatic rings. The standard InChI is InChI=1S/C42H38N2O4.C2H6/c1-26-20-27(2)38(28(3)21-26)42(47)36-23-35-34-22-31(41(46)39(43-48-25-45)30-14-8-5-9-15-30)18-19-37(34)44(24-29-12-6-4-7-13-29)40(35)33-17-11-10-16-32(33)36;1-2/h5,8-11,14-23,25,29H,4,6-7,12-13,24H2,1-3H3;1-2H3/b43-39+;. The van der Waals surface area contributed by atoms with Crippen LogP contribution in [0.1, 0.15) is 94.5 Å². The Morgan fingerprint density at radius 1 is 0.760 bits per heavy atom. The minimum atomic E-state index is -0.360. The molecule has 6 nitrogen and oxygen atoms in total. The zero-order valence-corrected chi connectivity index (χ0v) is 29.6. The van der Waals surface area contributed by atoms with Crippen LogP contribution >= 0.6 is 0 Å². The smallest absolute Gasteiger partial charge is 0.323 e. The Morgan fingerprint density at radius 3 is 2.10 bits per heavy atom. The average molecular weight is 665 g/mol. The summed E-state index contributed by atoms with van der Waals surface area (Å²) < 4.78 is 2.41. The highest BCUT2D eigenvalue weighted by atomic mass is 16.7. The normalized spacial score (nSPS) is 13.7. The molecule has 0 radical (unpaired) electrons. The third-order valence-electron chi connectivity index (χ3n) is 9.89. The maximum atomic E-state index is 14.5. The van der Waals surface area contributed by atoms with Gasteiger partial charge < -0.3 is 9.40 Å². The van der Waals surface area contributed by atoms with Crippen LogP contribution in [0, 0.1) is 26.7 Å². The molecule has 6 heteroatoms. The molecule has 1 aromatic heterocycles. The van der Waals surface area contributed by atoms with Crippen LogP contribution in [0.15, 0.2) is 96.2 Å². The molecule has 50 heavy (non-hydrogen) atoms. The molecule has 0 spiro atoms. The van der Waals surface area contributed by atoms with Crippen molar-refractivity contribution < 1.29 is 19.2 Å². The van der Waals surface area contributed by atoms with Crippen LogP contribution in [0.3, 0.4) is 0 Å². The summed E-state index contributed by atoms with van der Waals surface area (Å²) in [7, 11) is 0. The molecule has 1 saturated carbocycles. The lowest BCUT2D eigenvalue weighted by molar-refractivity contribution is -0.128. The molecule has 1 fully saturated rings. The maximum absolute atomic E-state index is 14.5. The van der Waals surface area contributed by atoms with Crippen molar-refractivity contribution in [3.8, 4) is 0 Å². The third-order valence-corrected chi connectivity index (χ3v) is 9.89. The van der Waals surface area contributed by atoms with Crippen LogP contribution in [0.5, 0.6) is 0 Å². The number of carbonyl (C=O) groups is 3. The first-order chi connectivity index (χ1) is 24.4. The molecule has 1 aliphatic carbocycles. The van der Waals surface area contributed by atoms with Gasteiger partial charge in [0, 0.05) is 50.5 Å². The van der Waals surface area contributed by atoms with Crippen LogP contribution in [0.4, 0.5) is 0 Å². The number of fused-ring (bicyclic) bond motifs is 5. The zero-order chi connectivity index (χ0) is 35.4. The second kappa shape index (κ2) is 15.0. The Kier molecular flexibility index (Phi) is 10.4. The maximum Gasteiger partial charge on any atom is 0.323 e. The summed E-state index contributed by atoms with van der Waals surface area (Å²) in [5.74, 6) is 0.184. The average Bonchev–Trinajstić information content (AvgIpc) is 3.45. The minimum absolute atomic E-state index is 0.00646. The molecule has 0 atom stereocenters. The summed E-state index contributed by atoms with van der Waals surface area (Å²) in [4.78, 5) is 44.4. The summed E-state index contributed by atoms with van der Waals surface area (Å²) in [6.07, 6.45) is 6.12. The summed E-state index contributed by atoms with van der Waals surface area (Å²) >= 11 is 0. The van der Waals surface area contributed by atoms with Crippen LogP contribution in [-0.4, -0.2) is 28.3 Å². The number of hydrogen-bond donors (Lipinski definition) is 0. The number of oxime groups is 1. The quantitative estimate of drug-likeness (QED) is 0.0507. The second-order valence-corrected chi connectivity index (χ2v) is 13.2. The number of hydrogen-bond acceptors (Lipinski definition) is 5. The van der Waals surface area contributed by atoms with Gasteiger partial charge in [-0.05, 0) is 80.3 Å². The number of rotatable bonds is 9. The molecule has 0 bridgehead atoms. The SMILES string of the molecule is CC.Cc1cc(C)c(C(=O)c2cc3c4cc(C(=O)/C(=N/OC=O)c5ccccc5)ccc4n(CC4CCCCC4)c3c3ccccc23)c(C)c1. The Morgan fingerprint density at radius 2 is 1.42 bits per heavy atom. The number of ketones is 2. The lowest BCUT2D eigenvalue weighted by Crippen LogP contribution is -2.16. The molecule has 0 amide bonds. The van der Waals surface area contributed by atoms with Gasteiger partial charge in [-0.25, -0.2) is 0 Å². The van der Waals surface area contributed by atoms with Crippen molar-refractivity contribution in [1.82, 2.24) is 4.57 Å².